The predicted octanol–water partition coefficient (Wildman–Crippen LogP) is 4.92. The molecule has 0 atom stereocenters. The summed E-state index contributed by atoms with van der Waals surface area (Å²) in [5.41, 5.74) is 4.48. The van der Waals surface area contributed by atoms with Crippen LogP contribution in [0.4, 0.5) is 0 Å². The Morgan fingerprint density at radius 2 is 1.48 bits per heavy atom. The normalized spacial score (nSPS) is 10.7. The molecule has 0 aliphatic rings. The fourth-order valence-corrected chi connectivity index (χ4v) is 2.95. The van der Waals surface area contributed by atoms with Crippen molar-refractivity contribution >= 4 is 5.78 Å². The molecule has 3 aromatic carbocycles. The first kappa shape index (κ1) is 16.8. The number of hydrogen-bond acceptors (Lipinski definition) is 3. The van der Waals surface area contributed by atoms with Gasteiger partial charge in [0.15, 0.2) is 5.78 Å². The average molecular weight is 332 g/mol. The van der Waals surface area contributed by atoms with Crippen LogP contribution in [-0.2, 0) is 0 Å². The SMILES string of the molecule is Cc1ccc(O)c(C(=O)c2cc(-c3ccccc3)c(O)c(C)c2C)c1. The molecule has 0 saturated heterocycles. The van der Waals surface area contributed by atoms with Crippen molar-refractivity contribution in [1.82, 2.24) is 0 Å². The number of benzene rings is 3. The van der Waals surface area contributed by atoms with Crippen molar-refractivity contribution in [1.29, 1.82) is 0 Å². The van der Waals surface area contributed by atoms with E-state index in [9.17, 15) is 15.0 Å². The number of aromatic hydroxyl groups is 2. The molecule has 0 aromatic heterocycles. The summed E-state index contributed by atoms with van der Waals surface area (Å²) in [6, 6.07) is 16.1. The zero-order chi connectivity index (χ0) is 18.1. The first-order chi connectivity index (χ1) is 11.9. The van der Waals surface area contributed by atoms with Gasteiger partial charge < -0.3 is 10.2 Å². The Bertz CT molecular complexity index is 957. The maximum Gasteiger partial charge on any atom is 0.197 e. The lowest BCUT2D eigenvalue weighted by atomic mass is 9.90. The topological polar surface area (TPSA) is 57.5 Å². The van der Waals surface area contributed by atoms with Crippen molar-refractivity contribution in [2.75, 3.05) is 0 Å². The largest absolute Gasteiger partial charge is 0.507 e. The molecule has 0 bridgehead atoms. The molecular formula is C22H20O3. The van der Waals surface area contributed by atoms with E-state index in [1.165, 1.54) is 6.07 Å². The third-order valence-electron chi connectivity index (χ3n) is 4.59. The van der Waals surface area contributed by atoms with Crippen LogP contribution < -0.4 is 0 Å². The summed E-state index contributed by atoms with van der Waals surface area (Å²) in [6.07, 6.45) is 0. The average Bonchev–Trinajstić information content (AvgIpc) is 2.62. The lowest BCUT2D eigenvalue weighted by molar-refractivity contribution is 0.103. The Labute approximate surface area is 147 Å². The minimum absolute atomic E-state index is 0.0398. The van der Waals surface area contributed by atoms with Crippen LogP contribution in [0, 0.1) is 20.8 Å². The lowest BCUT2D eigenvalue weighted by Gasteiger charge is -2.15. The molecule has 3 nitrogen and oxygen atoms in total. The van der Waals surface area contributed by atoms with Crippen LogP contribution in [0.1, 0.15) is 32.6 Å². The van der Waals surface area contributed by atoms with Gasteiger partial charge in [-0.1, -0.05) is 42.0 Å². The molecule has 0 radical (unpaired) electrons. The van der Waals surface area contributed by atoms with Gasteiger partial charge in [0.25, 0.3) is 0 Å². The summed E-state index contributed by atoms with van der Waals surface area (Å²) in [4.78, 5) is 13.0. The van der Waals surface area contributed by atoms with Crippen molar-refractivity contribution in [2.45, 2.75) is 20.8 Å². The number of rotatable bonds is 3. The van der Waals surface area contributed by atoms with E-state index in [4.69, 9.17) is 0 Å². The summed E-state index contributed by atoms with van der Waals surface area (Å²) < 4.78 is 0. The van der Waals surface area contributed by atoms with Crippen LogP contribution >= 0.6 is 0 Å². The second-order valence-corrected chi connectivity index (χ2v) is 6.29. The van der Waals surface area contributed by atoms with Crippen molar-refractivity contribution in [3.05, 3.63) is 82.4 Å². The second-order valence-electron chi connectivity index (χ2n) is 6.29. The van der Waals surface area contributed by atoms with Crippen molar-refractivity contribution in [2.24, 2.45) is 0 Å². The van der Waals surface area contributed by atoms with Crippen molar-refractivity contribution < 1.29 is 15.0 Å². The molecule has 126 valence electrons. The van der Waals surface area contributed by atoms with Gasteiger partial charge in [-0.3, -0.25) is 4.79 Å². The highest BCUT2D eigenvalue weighted by Crippen LogP contribution is 2.37. The smallest absolute Gasteiger partial charge is 0.197 e. The highest BCUT2D eigenvalue weighted by Gasteiger charge is 2.21. The third kappa shape index (κ3) is 3.01. The Morgan fingerprint density at radius 1 is 0.800 bits per heavy atom. The number of carbonyl (C=O) groups is 1. The van der Waals surface area contributed by atoms with Gasteiger partial charge in [0.2, 0.25) is 0 Å². The maximum atomic E-state index is 13.0. The van der Waals surface area contributed by atoms with Gasteiger partial charge in [-0.25, -0.2) is 0 Å². The summed E-state index contributed by atoms with van der Waals surface area (Å²) in [6.45, 7) is 5.48. The fraction of sp³-hybridized carbons (Fsp3) is 0.136. The number of ketones is 1. The van der Waals surface area contributed by atoms with Crippen LogP contribution in [0.15, 0.2) is 54.6 Å². The van der Waals surface area contributed by atoms with Crippen LogP contribution in [0.5, 0.6) is 11.5 Å². The molecule has 3 heteroatoms. The molecule has 3 rings (SSSR count). The monoisotopic (exact) mass is 332 g/mol. The molecule has 2 N–H and O–H groups in total. The van der Waals surface area contributed by atoms with E-state index in [1.807, 2.05) is 44.2 Å². The molecular weight excluding hydrogens is 312 g/mol. The Balaban J connectivity index is 2.21. The second kappa shape index (κ2) is 6.44. The zero-order valence-electron chi connectivity index (χ0n) is 14.5. The van der Waals surface area contributed by atoms with E-state index >= 15 is 0 Å². The first-order valence-corrected chi connectivity index (χ1v) is 8.13. The number of hydrogen-bond donors (Lipinski definition) is 2. The van der Waals surface area contributed by atoms with Gasteiger partial charge in [0.05, 0.1) is 5.56 Å². The van der Waals surface area contributed by atoms with Gasteiger partial charge in [-0.2, -0.15) is 0 Å². The van der Waals surface area contributed by atoms with Crippen molar-refractivity contribution in [3.63, 3.8) is 0 Å². The van der Waals surface area contributed by atoms with E-state index in [2.05, 4.69) is 0 Å². The molecule has 25 heavy (non-hydrogen) atoms. The molecule has 0 spiro atoms. The summed E-state index contributed by atoms with van der Waals surface area (Å²) in [5, 5.41) is 20.6. The van der Waals surface area contributed by atoms with Gasteiger partial charge in [0.1, 0.15) is 11.5 Å². The van der Waals surface area contributed by atoms with Crippen LogP contribution in [0.3, 0.4) is 0 Å². The lowest BCUT2D eigenvalue weighted by Crippen LogP contribution is -2.06. The number of carbonyl (C=O) groups excluding carboxylic acids is 1. The van der Waals surface area contributed by atoms with E-state index < -0.39 is 0 Å². The van der Waals surface area contributed by atoms with E-state index in [0.717, 1.165) is 11.1 Å². The Hall–Kier alpha value is -3.07. The van der Waals surface area contributed by atoms with Crippen LogP contribution in [-0.4, -0.2) is 16.0 Å². The molecule has 0 amide bonds. The molecule has 0 saturated carbocycles. The summed E-state index contributed by atoms with van der Waals surface area (Å²) >= 11 is 0. The Morgan fingerprint density at radius 3 is 2.16 bits per heavy atom. The molecule has 0 fully saturated rings. The molecule has 3 aromatic rings. The Kier molecular flexibility index (Phi) is 4.32. The minimum Gasteiger partial charge on any atom is -0.507 e. The van der Waals surface area contributed by atoms with Gasteiger partial charge in [-0.05, 0) is 55.7 Å². The van der Waals surface area contributed by atoms with E-state index in [0.29, 0.717) is 22.3 Å². The standard InChI is InChI=1S/C22H20O3/c1-13-9-10-20(23)19(11-13)22(25)17-12-18(16-7-5-4-6-8-16)21(24)15(3)14(17)2/h4-12,23-24H,1-3H3. The van der Waals surface area contributed by atoms with E-state index in [-0.39, 0.29) is 22.8 Å². The van der Waals surface area contributed by atoms with Gasteiger partial charge in [-0.15, -0.1) is 0 Å². The summed E-state index contributed by atoms with van der Waals surface area (Å²) in [5.74, 6) is -0.116. The number of phenols is 2. The minimum atomic E-state index is -0.251. The third-order valence-corrected chi connectivity index (χ3v) is 4.59. The van der Waals surface area contributed by atoms with Crippen LogP contribution in [0.2, 0.25) is 0 Å². The highest BCUT2D eigenvalue weighted by atomic mass is 16.3. The first-order valence-electron chi connectivity index (χ1n) is 8.13. The maximum absolute atomic E-state index is 13.0. The van der Waals surface area contributed by atoms with Gasteiger partial charge >= 0.3 is 0 Å². The summed E-state index contributed by atoms with van der Waals surface area (Å²) in [7, 11) is 0. The fourth-order valence-electron chi connectivity index (χ4n) is 2.95. The quantitative estimate of drug-likeness (QED) is 0.669. The van der Waals surface area contributed by atoms with Gasteiger partial charge in [0, 0.05) is 11.1 Å². The van der Waals surface area contributed by atoms with Crippen molar-refractivity contribution in [3.8, 4) is 22.6 Å². The molecule has 0 aliphatic heterocycles. The predicted molar refractivity (Wildman–Crippen MR) is 99.3 cm³/mol. The molecule has 0 unspecified atom stereocenters. The number of aryl methyl sites for hydroxylation is 1. The molecule has 0 heterocycles. The van der Waals surface area contributed by atoms with Crippen LogP contribution in [0.25, 0.3) is 11.1 Å². The number of phenolic OH excluding ortho intramolecular Hbond substituents is 2. The molecule has 0 aliphatic carbocycles. The zero-order valence-corrected chi connectivity index (χ0v) is 14.5. The highest BCUT2D eigenvalue weighted by molar-refractivity contribution is 6.12. The van der Waals surface area contributed by atoms with E-state index in [1.54, 1.807) is 25.1 Å².